The molecule has 1 spiro atoms. The maximum Gasteiger partial charge on any atom is 0.0562 e. The molecule has 5 aliphatic rings. The Morgan fingerprint density at radius 3 is 1.90 bits per heavy atom. The monoisotopic (exact) mass is 800 g/mol. The second-order valence-electron chi connectivity index (χ2n) is 18.5. The van der Waals surface area contributed by atoms with E-state index < -0.39 is 0 Å². The summed E-state index contributed by atoms with van der Waals surface area (Å²) in [5, 5.41) is 5.10. The van der Waals surface area contributed by atoms with Crippen LogP contribution in [0.4, 0.5) is 17.1 Å². The van der Waals surface area contributed by atoms with Crippen LogP contribution < -0.4 is 4.90 Å². The van der Waals surface area contributed by atoms with Gasteiger partial charge in [-0.25, -0.2) is 0 Å². The van der Waals surface area contributed by atoms with Crippen molar-refractivity contribution in [2.45, 2.75) is 37.5 Å². The highest BCUT2D eigenvalue weighted by Crippen LogP contribution is 2.69. The van der Waals surface area contributed by atoms with Crippen LogP contribution in [-0.2, 0) is 5.41 Å². The molecule has 4 saturated carbocycles. The molecule has 4 fully saturated rings. The molecule has 5 aliphatic carbocycles. The standard InChI is InChI=1S/C58H44N2S/c1-2-12-42(13-3-1)59-50-18-8-5-15-46(50)56-51(59)19-10-20-52(56)60(53-21-11-23-55-57(53)47-16-6-9-22-54(47)61-55)43-27-24-38(25-28-43)39-26-29-45-44-14-4-7-17-48(44)58(49(45)35-39)40-31-36-30-37(33-40)34-41(58)32-36/h1-29,35-37,40-41H,30-34H2. The van der Waals surface area contributed by atoms with Crippen LogP contribution in [0.3, 0.4) is 0 Å². The van der Waals surface area contributed by atoms with E-state index >= 15 is 0 Å². The third-order valence-electron chi connectivity index (χ3n) is 15.6. The molecule has 0 unspecified atom stereocenters. The van der Waals surface area contributed by atoms with Gasteiger partial charge >= 0.3 is 0 Å². The molecule has 3 heteroatoms. The van der Waals surface area contributed by atoms with Gasteiger partial charge in [-0.05, 0) is 156 Å². The first kappa shape index (κ1) is 34.3. The minimum Gasteiger partial charge on any atom is -0.309 e. The second kappa shape index (κ2) is 12.8. The van der Waals surface area contributed by atoms with Crippen LogP contribution >= 0.6 is 11.3 Å². The number of hydrogen-bond acceptors (Lipinski definition) is 2. The van der Waals surface area contributed by atoms with Crippen LogP contribution in [-0.4, -0.2) is 4.57 Å². The van der Waals surface area contributed by atoms with Crippen molar-refractivity contribution in [3.05, 3.63) is 193 Å². The first-order valence-corrected chi connectivity index (χ1v) is 23.2. The smallest absolute Gasteiger partial charge is 0.0562 e. The molecule has 0 N–H and O–H groups in total. The number of hydrogen-bond donors (Lipinski definition) is 0. The van der Waals surface area contributed by atoms with Crippen molar-refractivity contribution in [2.75, 3.05) is 4.90 Å². The van der Waals surface area contributed by atoms with Crippen molar-refractivity contribution in [2.24, 2.45) is 23.7 Å². The van der Waals surface area contributed by atoms with Gasteiger partial charge in [-0.1, -0.05) is 115 Å². The Balaban J connectivity index is 0.962. The first-order chi connectivity index (χ1) is 30.2. The summed E-state index contributed by atoms with van der Waals surface area (Å²) in [4.78, 5) is 2.54. The summed E-state index contributed by atoms with van der Waals surface area (Å²) in [5.74, 6) is 3.37. The van der Waals surface area contributed by atoms with Gasteiger partial charge in [-0.2, -0.15) is 0 Å². The van der Waals surface area contributed by atoms with Crippen LogP contribution in [0.1, 0.15) is 43.2 Å². The molecule has 0 aliphatic heterocycles. The summed E-state index contributed by atoms with van der Waals surface area (Å²) in [5.41, 5.74) is 16.1. The second-order valence-corrected chi connectivity index (χ2v) is 19.6. The molecule has 15 rings (SSSR count). The Kier molecular flexibility index (Phi) is 7.20. The zero-order valence-corrected chi connectivity index (χ0v) is 34.8. The minimum absolute atomic E-state index is 0.158. The third-order valence-corrected chi connectivity index (χ3v) is 16.7. The first-order valence-electron chi connectivity index (χ1n) is 22.3. The SMILES string of the molecule is c1ccc(-n2c3ccccc3c3c(N(c4ccc(-c5ccc6c(c5)C5(c7ccccc7-6)C6CC7CC(C6)CC5C7)cc4)c4cccc5sc6ccccc6c45)cccc32)cc1. The van der Waals surface area contributed by atoms with Crippen LogP contribution in [0.25, 0.3) is 69.9 Å². The van der Waals surface area contributed by atoms with E-state index in [0.717, 1.165) is 29.4 Å². The zero-order valence-electron chi connectivity index (χ0n) is 34.0. The number of benzene rings is 8. The minimum atomic E-state index is 0.158. The van der Waals surface area contributed by atoms with Crippen LogP contribution in [0, 0.1) is 23.7 Å². The Labute approximate surface area is 360 Å². The number of aromatic nitrogens is 1. The molecule has 0 radical (unpaired) electrons. The average Bonchev–Trinajstić information content (AvgIpc) is 3.96. The lowest BCUT2D eigenvalue weighted by Crippen LogP contribution is -2.55. The summed E-state index contributed by atoms with van der Waals surface area (Å²) in [6, 6.07) is 68.8. The van der Waals surface area contributed by atoms with Gasteiger partial charge in [0.05, 0.1) is 22.4 Å². The van der Waals surface area contributed by atoms with E-state index in [1.165, 1.54) is 113 Å². The highest BCUT2D eigenvalue weighted by atomic mass is 32.1. The average molecular weight is 801 g/mol. The van der Waals surface area contributed by atoms with Gasteiger partial charge in [-0.3, -0.25) is 0 Å². The molecule has 2 heterocycles. The normalized spacial score (nSPS) is 22.2. The van der Waals surface area contributed by atoms with Crippen molar-refractivity contribution in [3.63, 3.8) is 0 Å². The van der Waals surface area contributed by atoms with Gasteiger partial charge in [0.15, 0.2) is 0 Å². The van der Waals surface area contributed by atoms with E-state index in [1.54, 1.807) is 11.1 Å². The topological polar surface area (TPSA) is 8.17 Å². The molecule has 0 atom stereocenters. The Morgan fingerprint density at radius 1 is 0.459 bits per heavy atom. The number of thiophene rings is 1. The highest BCUT2D eigenvalue weighted by molar-refractivity contribution is 7.26. The number of anilines is 3. The summed E-state index contributed by atoms with van der Waals surface area (Å²) in [6.07, 6.45) is 7.08. The number of para-hydroxylation sites is 2. The largest absolute Gasteiger partial charge is 0.309 e. The van der Waals surface area contributed by atoms with Gasteiger partial charge in [0, 0.05) is 47.7 Å². The van der Waals surface area contributed by atoms with E-state index in [2.05, 4.69) is 191 Å². The number of nitrogens with zero attached hydrogens (tertiary/aromatic N) is 2. The van der Waals surface area contributed by atoms with Gasteiger partial charge in [0.1, 0.15) is 0 Å². The Bertz CT molecular complexity index is 3360. The molecular weight excluding hydrogens is 757 g/mol. The molecule has 4 bridgehead atoms. The highest BCUT2D eigenvalue weighted by Gasteiger charge is 2.61. The molecular formula is C58H44N2S. The van der Waals surface area contributed by atoms with Gasteiger partial charge < -0.3 is 9.47 Å². The van der Waals surface area contributed by atoms with E-state index in [1.807, 2.05) is 11.3 Å². The molecule has 61 heavy (non-hydrogen) atoms. The van der Waals surface area contributed by atoms with Crippen molar-refractivity contribution in [1.82, 2.24) is 4.57 Å². The molecule has 0 amide bonds. The Morgan fingerprint density at radius 2 is 1.08 bits per heavy atom. The van der Waals surface area contributed by atoms with E-state index in [9.17, 15) is 0 Å². The fourth-order valence-electron chi connectivity index (χ4n) is 13.5. The number of rotatable bonds is 5. The quantitative estimate of drug-likeness (QED) is 0.168. The maximum absolute atomic E-state index is 2.63. The van der Waals surface area contributed by atoms with Gasteiger partial charge in [-0.15, -0.1) is 11.3 Å². The Hall–Kier alpha value is -6.42. The van der Waals surface area contributed by atoms with Crippen molar-refractivity contribution >= 4 is 70.4 Å². The fourth-order valence-corrected chi connectivity index (χ4v) is 14.7. The van der Waals surface area contributed by atoms with Crippen molar-refractivity contribution in [1.29, 1.82) is 0 Å². The van der Waals surface area contributed by atoms with E-state index in [-0.39, 0.29) is 5.41 Å². The van der Waals surface area contributed by atoms with Crippen LogP contribution in [0.5, 0.6) is 0 Å². The van der Waals surface area contributed by atoms with E-state index in [4.69, 9.17) is 0 Å². The predicted molar refractivity (Wildman–Crippen MR) is 257 cm³/mol. The lowest BCUT2D eigenvalue weighted by atomic mass is 9.43. The van der Waals surface area contributed by atoms with Crippen LogP contribution in [0.15, 0.2) is 182 Å². The molecule has 8 aromatic carbocycles. The summed E-state index contributed by atoms with van der Waals surface area (Å²) in [6.45, 7) is 0. The summed E-state index contributed by atoms with van der Waals surface area (Å²) in [7, 11) is 0. The van der Waals surface area contributed by atoms with Crippen molar-refractivity contribution in [3.8, 4) is 27.9 Å². The summed E-state index contributed by atoms with van der Waals surface area (Å²) >= 11 is 1.88. The number of fused-ring (bicyclic) bond motifs is 9. The van der Waals surface area contributed by atoms with Crippen molar-refractivity contribution < 1.29 is 0 Å². The zero-order chi connectivity index (χ0) is 39.8. The lowest BCUT2D eigenvalue weighted by molar-refractivity contribution is -0.0399. The predicted octanol–water partition coefficient (Wildman–Crippen LogP) is 16.0. The molecule has 10 aromatic rings. The fraction of sp³-hybridized carbons (Fsp3) is 0.172. The van der Waals surface area contributed by atoms with E-state index in [0.29, 0.717) is 0 Å². The molecule has 2 nitrogen and oxygen atoms in total. The summed E-state index contributed by atoms with van der Waals surface area (Å²) < 4.78 is 5.05. The third kappa shape index (κ3) is 4.73. The molecule has 0 saturated heterocycles. The van der Waals surface area contributed by atoms with Crippen LogP contribution in [0.2, 0.25) is 0 Å². The molecule has 2 aromatic heterocycles. The van der Waals surface area contributed by atoms with Gasteiger partial charge in [0.25, 0.3) is 0 Å². The van der Waals surface area contributed by atoms with Gasteiger partial charge in [0.2, 0.25) is 0 Å². The lowest BCUT2D eigenvalue weighted by Gasteiger charge is -2.61. The maximum atomic E-state index is 2.63. The molecule has 292 valence electrons.